The Morgan fingerprint density at radius 1 is 1.26 bits per heavy atom. The number of thiophene rings is 1. The average molecular weight is 487 g/mol. The summed E-state index contributed by atoms with van der Waals surface area (Å²) in [5.41, 5.74) is 0.895. The Morgan fingerprint density at radius 3 is 2.81 bits per heavy atom. The van der Waals surface area contributed by atoms with E-state index < -0.39 is 0 Å². The van der Waals surface area contributed by atoms with Crippen molar-refractivity contribution in [2.75, 3.05) is 44.3 Å². The van der Waals surface area contributed by atoms with Crippen LogP contribution in [0.15, 0.2) is 34.8 Å². The highest BCUT2D eigenvalue weighted by Gasteiger charge is 2.24. The molecule has 2 aromatic heterocycles. The molecule has 0 atom stereocenters. The molecule has 3 heterocycles. The summed E-state index contributed by atoms with van der Waals surface area (Å²) in [6, 6.07) is 9.50. The molecule has 3 aromatic rings. The second kappa shape index (κ2) is 8.55. The van der Waals surface area contributed by atoms with Gasteiger partial charge >= 0.3 is 0 Å². The first kappa shape index (κ1) is 19.3. The van der Waals surface area contributed by atoms with Gasteiger partial charge in [-0.25, -0.2) is 4.98 Å². The van der Waals surface area contributed by atoms with Crippen LogP contribution in [0.5, 0.6) is 0 Å². The Labute approximate surface area is 178 Å². The zero-order valence-electron chi connectivity index (χ0n) is 14.4. The SMILES string of the molecule is O=C(c1ccc(Cl)s1)N(CCN1CCOCC1)c1nc2ccc(Br)cc2s1. The number of thiazole rings is 1. The van der Waals surface area contributed by atoms with Crippen molar-refractivity contribution in [2.45, 2.75) is 0 Å². The van der Waals surface area contributed by atoms with Crippen molar-refractivity contribution in [3.05, 3.63) is 44.0 Å². The first-order valence-corrected chi connectivity index (χ1v) is 11.3. The van der Waals surface area contributed by atoms with Crippen LogP contribution >= 0.6 is 50.2 Å². The molecule has 142 valence electrons. The van der Waals surface area contributed by atoms with E-state index in [1.807, 2.05) is 18.2 Å². The predicted molar refractivity (Wildman–Crippen MR) is 116 cm³/mol. The van der Waals surface area contributed by atoms with Gasteiger partial charge in [-0.3, -0.25) is 14.6 Å². The molecule has 0 saturated carbocycles. The summed E-state index contributed by atoms with van der Waals surface area (Å²) < 4.78 is 8.07. The highest BCUT2D eigenvalue weighted by molar-refractivity contribution is 9.10. The average Bonchev–Trinajstić information content (AvgIpc) is 3.28. The van der Waals surface area contributed by atoms with E-state index in [1.165, 1.54) is 22.7 Å². The minimum Gasteiger partial charge on any atom is -0.379 e. The number of ether oxygens (including phenoxy) is 1. The van der Waals surface area contributed by atoms with E-state index in [4.69, 9.17) is 21.3 Å². The highest BCUT2D eigenvalue weighted by Crippen LogP contribution is 2.32. The van der Waals surface area contributed by atoms with Crippen LogP contribution in [0.1, 0.15) is 9.67 Å². The number of fused-ring (bicyclic) bond motifs is 1. The number of carbonyl (C=O) groups is 1. The van der Waals surface area contributed by atoms with E-state index in [0.717, 1.165) is 47.5 Å². The standard InChI is InChI=1S/C18H17BrClN3O2S2/c19-12-1-2-13-15(11-12)27-18(21-13)23(6-5-22-7-9-25-10-8-22)17(24)14-3-4-16(20)26-14/h1-4,11H,5-10H2. The molecule has 1 saturated heterocycles. The van der Waals surface area contributed by atoms with Gasteiger partial charge in [0.1, 0.15) is 0 Å². The molecular formula is C18H17BrClN3O2S2. The van der Waals surface area contributed by atoms with Gasteiger partial charge in [0.05, 0.1) is 32.6 Å². The first-order valence-electron chi connectivity index (χ1n) is 8.53. The Morgan fingerprint density at radius 2 is 2.07 bits per heavy atom. The zero-order valence-corrected chi connectivity index (χ0v) is 18.3. The number of nitrogens with zero attached hydrogens (tertiary/aromatic N) is 3. The van der Waals surface area contributed by atoms with Gasteiger partial charge in [-0.2, -0.15) is 0 Å². The smallest absolute Gasteiger partial charge is 0.270 e. The molecule has 0 spiro atoms. The summed E-state index contributed by atoms with van der Waals surface area (Å²) in [6.45, 7) is 4.62. The molecule has 27 heavy (non-hydrogen) atoms. The number of anilines is 1. The lowest BCUT2D eigenvalue weighted by atomic mass is 10.3. The number of benzene rings is 1. The minimum atomic E-state index is -0.0571. The molecule has 9 heteroatoms. The highest BCUT2D eigenvalue weighted by atomic mass is 79.9. The maximum absolute atomic E-state index is 13.2. The van der Waals surface area contributed by atoms with Gasteiger partial charge in [0, 0.05) is 30.7 Å². The molecule has 1 fully saturated rings. The molecule has 1 aromatic carbocycles. The fraction of sp³-hybridized carbons (Fsp3) is 0.333. The number of hydrogen-bond donors (Lipinski definition) is 0. The lowest BCUT2D eigenvalue weighted by Gasteiger charge is -2.29. The third-order valence-electron chi connectivity index (χ3n) is 4.34. The normalized spacial score (nSPS) is 15.3. The molecular weight excluding hydrogens is 470 g/mol. The van der Waals surface area contributed by atoms with Gasteiger partial charge in [0.25, 0.3) is 5.91 Å². The van der Waals surface area contributed by atoms with E-state index in [1.54, 1.807) is 17.0 Å². The second-order valence-electron chi connectivity index (χ2n) is 6.12. The lowest BCUT2D eigenvalue weighted by molar-refractivity contribution is 0.0391. The first-order chi connectivity index (χ1) is 13.1. The van der Waals surface area contributed by atoms with Gasteiger partial charge in [0.15, 0.2) is 5.13 Å². The van der Waals surface area contributed by atoms with Crippen LogP contribution in [0.3, 0.4) is 0 Å². The van der Waals surface area contributed by atoms with Crippen molar-refractivity contribution >= 4 is 71.5 Å². The summed E-state index contributed by atoms with van der Waals surface area (Å²) in [5.74, 6) is -0.0571. The second-order valence-corrected chi connectivity index (χ2v) is 9.76. The van der Waals surface area contributed by atoms with Crippen LogP contribution in [0, 0.1) is 0 Å². The molecule has 4 rings (SSSR count). The van der Waals surface area contributed by atoms with Crippen LogP contribution in [-0.2, 0) is 4.74 Å². The van der Waals surface area contributed by atoms with Crippen LogP contribution in [0.4, 0.5) is 5.13 Å². The summed E-state index contributed by atoms with van der Waals surface area (Å²) >= 11 is 12.4. The van der Waals surface area contributed by atoms with E-state index >= 15 is 0 Å². The predicted octanol–water partition coefficient (Wildman–Crippen LogP) is 4.75. The van der Waals surface area contributed by atoms with Gasteiger partial charge in [-0.05, 0) is 30.3 Å². The van der Waals surface area contributed by atoms with E-state index in [2.05, 4.69) is 20.8 Å². The summed E-state index contributed by atoms with van der Waals surface area (Å²) in [5, 5.41) is 0.714. The van der Waals surface area contributed by atoms with Crippen molar-refractivity contribution in [1.29, 1.82) is 0 Å². The largest absolute Gasteiger partial charge is 0.379 e. The summed E-state index contributed by atoms with van der Waals surface area (Å²) in [6.07, 6.45) is 0. The quantitative estimate of drug-likeness (QED) is 0.522. The lowest BCUT2D eigenvalue weighted by Crippen LogP contribution is -2.43. The van der Waals surface area contributed by atoms with Gasteiger partial charge < -0.3 is 4.74 Å². The van der Waals surface area contributed by atoms with Crippen LogP contribution < -0.4 is 4.90 Å². The minimum absolute atomic E-state index is 0.0571. The number of rotatable bonds is 5. The van der Waals surface area contributed by atoms with E-state index in [9.17, 15) is 4.79 Å². The van der Waals surface area contributed by atoms with Crippen molar-refractivity contribution in [1.82, 2.24) is 9.88 Å². The fourth-order valence-electron chi connectivity index (χ4n) is 2.91. The fourth-order valence-corrected chi connectivity index (χ4v) is 5.45. The van der Waals surface area contributed by atoms with Gasteiger partial charge in [0.2, 0.25) is 0 Å². The third kappa shape index (κ3) is 4.52. The monoisotopic (exact) mass is 485 g/mol. The summed E-state index contributed by atoms with van der Waals surface area (Å²) in [7, 11) is 0. The third-order valence-corrected chi connectivity index (χ3v) is 7.10. The number of morpholine rings is 1. The molecule has 0 bridgehead atoms. The zero-order chi connectivity index (χ0) is 18.8. The van der Waals surface area contributed by atoms with Crippen LogP contribution in [0.25, 0.3) is 10.2 Å². The van der Waals surface area contributed by atoms with Crippen molar-refractivity contribution in [2.24, 2.45) is 0 Å². The van der Waals surface area contributed by atoms with E-state index in [-0.39, 0.29) is 5.91 Å². The number of aromatic nitrogens is 1. The number of halogens is 2. The molecule has 1 aliphatic heterocycles. The molecule has 0 N–H and O–H groups in total. The Kier molecular flexibility index (Phi) is 6.11. The Bertz CT molecular complexity index is 955. The Balaban J connectivity index is 1.62. The molecule has 0 radical (unpaired) electrons. The van der Waals surface area contributed by atoms with Crippen LogP contribution in [-0.4, -0.2) is 55.2 Å². The maximum atomic E-state index is 13.2. The van der Waals surface area contributed by atoms with Crippen LogP contribution in [0.2, 0.25) is 4.34 Å². The van der Waals surface area contributed by atoms with Gasteiger partial charge in [-0.15, -0.1) is 11.3 Å². The van der Waals surface area contributed by atoms with Crippen molar-refractivity contribution in [3.8, 4) is 0 Å². The molecule has 0 unspecified atom stereocenters. The number of carbonyl (C=O) groups excluding carboxylic acids is 1. The summed E-state index contributed by atoms with van der Waals surface area (Å²) in [4.78, 5) is 22.6. The number of amides is 1. The van der Waals surface area contributed by atoms with Gasteiger partial charge in [-0.1, -0.05) is 38.9 Å². The molecule has 1 amide bonds. The van der Waals surface area contributed by atoms with Crippen molar-refractivity contribution in [3.63, 3.8) is 0 Å². The molecule has 0 aliphatic carbocycles. The number of hydrogen-bond acceptors (Lipinski definition) is 6. The topological polar surface area (TPSA) is 45.7 Å². The van der Waals surface area contributed by atoms with Crippen molar-refractivity contribution < 1.29 is 9.53 Å². The molecule has 1 aliphatic rings. The Hall–Kier alpha value is -1.03. The maximum Gasteiger partial charge on any atom is 0.270 e. The molecule has 5 nitrogen and oxygen atoms in total. The van der Waals surface area contributed by atoms with E-state index in [0.29, 0.717) is 20.9 Å².